The van der Waals surface area contributed by atoms with Gasteiger partial charge in [-0.1, -0.05) is 30.3 Å². The molecule has 0 aliphatic carbocycles. The van der Waals surface area contributed by atoms with Crippen LogP contribution in [0.3, 0.4) is 0 Å². The third-order valence-electron chi connectivity index (χ3n) is 4.34. The molecule has 2 aromatic carbocycles. The highest BCUT2D eigenvalue weighted by Gasteiger charge is 2.26. The van der Waals surface area contributed by atoms with Gasteiger partial charge in [0.25, 0.3) is 0 Å². The number of rotatable bonds is 3. The summed E-state index contributed by atoms with van der Waals surface area (Å²) in [5, 5.41) is 9.97. The van der Waals surface area contributed by atoms with Crippen molar-refractivity contribution in [2.45, 2.75) is 18.9 Å². The van der Waals surface area contributed by atoms with E-state index in [9.17, 15) is 5.11 Å². The number of fused-ring (bicyclic) bond motifs is 1. The standard InChI is InChI=1S/C18H21NO2/c1-19-9-8-14-11-17(20)18(21-2)12-15(14)16(19)10-13-6-4-3-5-7-13/h3-7,11-12,16,20H,8-10H2,1-2H3. The number of hydrogen-bond donors (Lipinski definition) is 1. The summed E-state index contributed by atoms with van der Waals surface area (Å²) in [7, 11) is 3.76. The fourth-order valence-corrected chi connectivity index (χ4v) is 3.11. The molecule has 110 valence electrons. The maximum Gasteiger partial charge on any atom is 0.160 e. The van der Waals surface area contributed by atoms with Crippen molar-refractivity contribution in [3.63, 3.8) is 0 Å². The van der Waals surface area contributed by atoms with Gasteiger partial charge < -0.3 is 9.84 Å². The van der Waals surface area contributed by atoms with Gasteiger partial charge in [-0.2, -0.15) is 0 Å². The molecular formula is C18H21NO2. The number of methoxy groups -OCH3 is 1. The van der Waals surface area contributed by atoms with Crippen molar-refractivity contribution in [3.8, 4) is 11.5 Å². The van der Waals surface area contributed by atoms with Gasteiger partial charge in [-0.25, -0.2) is 0 Å². The lowest BCUT2D eigenvalue weighted by Crippen LogP contribution is -2.33. The molecule has 0 spiro atoms. The van der Waals surface area contributed by atoms with E-state index in [-0.39, 0.29) is 5.75 Å². The first-order chi connectivity index (χ1) is 10.2. The fraction of sp³-hybridized carbons (Fsp3) is 0.333. The van der Waals surface area contributed by atoms with Crippen LogP contribution in [0.1, 0.15) is 22.7 Å². The zero-order chi connectivity index (χ0) is 14.8. The summed E-state index contributed by atoms with van der Waals surface area (Å²) in [4.78, 5) is 2.38. The third kappa shape index (κ3) is 2.74. The van der Waals surface area contributed by atoms with E-state index in [0.29, 0.717) is 11.8 Å². The number of likely N-dealkylation sites (N-methyl/N-ethyl adjacent to an activating group) is 1. The monoisotopic (exact) mass is 283 g/mol. The van der Waals surface area contributed by atoms with E-state index >= 15 is 0 Å². The van der Waals surface area contributed by atoms with Crippen molar-refractivity contribution >= 4 is 0 Å². The Morgan fingerprint density at radius 2 is 2.00 bits per heavy atom. The summed E-state index contributed by atoms with van der Waals surface area (Å²) in [6, 6.07) is 14.7. The summed E-state index contributed by atoms with van der Waals surface area (Å²) >= 11 is 0. The molecule has 0 fully saturated rings. The first-order valence-corrected chi connectivity index (χ1v) is 7.33. The molecule has 1 atom stereocenters. The number of benzene rings is 2. The molecule has 0 saturated heterocycles. The van der Waals surface area contributed by atoms with E-state index < -0.39 is 0 Å². The van der Waals surface area contributed by atoms with Gasteiger partial charge in [-0.05, 0) is 48.7 Å². The van der Waals surface area contributed by atoms with Gasteiger partial charge in [0.15, 0.2) is 11.5 Å². The maximum atomic E-state index is 9.97. The Hall–Kier alpha value is -2.00. The Morgan fingerprint density at radius 1 is 1.24 bits per heavy atom. The minimum atomic E-state index is 0.235. The molecule has 0 amide bonds. The predicted octanol–water partition coefficient (Wildman–Crippen LogP) is 3.17. The van der Waals surface area contributed by atoms with Crippen LogP contribution in [0.5, 0.6) is 11.5 Å². The molecule has 0 bridgehead atoms. The van der Waals surface area contributed by atoms with Gasteiger partial charge in [0.1, 0.15) is 0 Å². The van der Waals surface area contributed by atoms with Crippen molar-refractivity contribution in [1.82, 2.24) is 4.90 Å². The molecule has 1 heterocycles. The van der Waals surface area contributed by atoms with Gasteiger partial charge in [0.2, 0.25) is 0 Å². The van der Waals surface area contributed by atoms with E-state index in [1.807, 2.05) is 18.2 Å². The second-order valence-electron chi connectivity index (χ2n) is 5.66. The lowest BCUT2D eigenvalue weighted by atomic mass is 9.88. The molecule has 0 radical (unpaired) electrons. The fourth-order valence-electron chi connectivity index (χ4n) is 3.11. The lowest BCUT2D eigenvalue weighted by molar-refractivity contribution is 0.228. The quantitative estimate of drug-likeness (QED) is 0.939. The Labute approximate surface area is 125 Å². The van der Waals surface area contributed by atoms with Crippen LogP contribution in [-0.2, 0) is 12.8 Å². The average Bonchev–Trinajstić information content (AvgIpc) is 2.51. The number of aromatic hydroxyl groups is 1. The van der Waals surface area contributed by atoms with Crippen LogP contribution in [-0.4, -0.2) is 30.7 Å². The topological polar surface area (TPSA) is 32.7 Å². The van der Waals surface area contributed by atoms with E-state index in [2.05, 4.69) is 36.2 Å². The van der Waals surface area contributed by atoms with Gasteiger partial charge in [0, 0.05) is 12.6 Å². The highest BCUT2D eigenvalue weighted by atomic mass is 16.5. The Balaban J connectivity index is 1.98. The van der Waals surface area contributed by atoms with Crippen LogP contribution in [0, 0.1) is 0 Å². The molecule has 3 heteroatoms. The summed E-state index contributed by atoms with van der Waals surface area (Å²) < 4.78 is 5.28. The molecule has 3 rings (SSSR count). The molecule has 2 aromatic rings. The summed E-state index contributed by atoms with van der Waals surface area (Å²) in [6.07, 6.45) is 1.94. The van der Waals surface area contributed by atoms with E-state index in [0.717, 1.165) is 19.4 Å². The van der Waals surface area contributed by atoms with Crippen LogP contribution < -0.4 is 4.74 Å². The predicted molar refractivity (Wildman–Crippen MR) is 83.9 cm³/mol. The molecular weight excluding hydrogens is 262 g/mol. The van der Waals surface area contributed by atoms with Crippen molar-refractivity contribution in [1.29, 1.82) is 0 Å². The smallest absolute Gasteiger partial charge is 0.160 e. The van der Waals surface area contributed by atoms with Crippen LogP contribution in [0.4, 0.5) is 0 Å². The highest BCUT2D eigenvalue weighted by Crippen LogP contribution is 2.38. The van der Waals surface area contributed by atoms with Crippen LogP contribution in [0.15, 0.2) is 42.5 Å². The van der Waals surface area contributed by atoms with Gasteiger partial charge in [0.05, 0.1) is 7.11 Å². The van der Waals surface area contributed by atoms with Crippen LogP contribution >= 0.6 is 0 Å². The van der Waals surface area contributed by atoms with E-state index in [4.69, 9.17) is 4.74 Å². The Bertz CT molecular complexity index is 625. The normalized spacial score (nSPS) is 18.3. The SMILES string of the molecule is COc1cc2c(cc1O)CCN(C)C2Cc1ccccc1. The molecule has 3 nitrogen and oxygen atoms in total. The number of hydrogen-bond acceptors (Lipinski definition) is 3. The molecule has 21 heavy (non-hydrogen) atoms. The second kappa shape index (κ2) is 5.78. The van der Waals surface area contributed by atoms with E-state index in [1.54, 1.807) is 7.11 Å². The molecule has 1 aliphatic heterocycles. The third-order valence-corrected chi connectivity index (χ3v) is 4.34. The first kappa shape index (κ1) is 14.0. The minimum Gasteiger partial charge on any atom is -0.504 e. The zero-order valence-electron chi connectivity index (χ0n) is 12.5. The van der Waals surface area contributed by atoms with Crippen molar-refractivity contribution in [2.24, 2.45) is 0 Å². The van der Waals surface area contributed by atoms with E-state index in [1.165, 1.54) is 16.7 Å². The molecule has 0 saturated carbocycles. The van der Waals surface area contributed by atoms with Crippen molar-refractivity contribution in [3.05, 3.63) is 59.2 Å². The largest absolute Gasteiger partial charge is 0.504 e. The highest BCUT2D eigenvalue weighted by molar-refractivity contribution is 5.49. The average molecular weight is 283 g/mol. The summed E-state index contributed by atoms with van der Waals surface area (Å²) in [5.74, 6) is 0.793. The van der Waals surface area contributed by atoms with Crippen LogP contribution in [0.2, 0.25) is 0 Å². The van der Waals surface area contributed by atoms with Gasteiger partial charge >= 0.3 is 0 Å². The zero-order valence-corrected chi connectivity index (χ0v) is 12.5. The minimum absolute atomic E-state index is 0.235. The van der Waals surface area contributed by atoms with Crippen molar-refractivity contribution < 1.29 is 9.84 Å². The number of nitrogens with zero attached hydrogens (tertiary/aromatic N) is 1. The molecule has 1 N–H and O–H groups in total. The van der Waals surface area contributed by atoms with Crippen molar-refractivity contribution in [2.75, 3.05) is 20.7 Å². The van der Waals surface area contributed by atoms with Gasteiger partial charge in [-0.15, -0.1) is 0 Å². The Kier molecular flexibility index (Phi) is 3.84. The van der Waals surface area contributed by atoms with Crippen LogP contribution in [0.25, 0.3) is 0 Å². The molecule has 1 unspecified atom stereocenters. The number of phenolic OH excluding ortho intramolecular Hbond substituents is 1. The Morgan fingerprint density at radius 3 is 2.71 bits per heavy atom. The molecule has 0 aromatic heterocycles. The summed E-state index contributed by atoms with van der Waals surface area (Å²) in [5.41, 5.74) is 3.82. The lowest BCUT2D eigenvalue weighted by Gasteiger charge is -2.35. The number of ether oxygens (including phenoxy) is 1. The van der Waals surface area contributed by atoms with Gasteiger partial charge in [-0.3, -0.25) is 4.90 Å². The number of phenols is 1. The maximum absolute atomic E-state index is 9.97. The summed E-state index contributed by atoms with van der Waals surface area (Å²) in [6.45, 7) is 1.01. The first-order valence-electron chi connectivity index (χ1n) is 7.33. The second-order valence-corrected chi connectivity index (χ2v) is 5.66. The molecule has 1 aliphatic rings.